The molecule has 1 saturated heterocycles. The van der Waals surface area contributed by atoms with Crippen LogP contribution in [0.25, 0.3) is 5.52 Å². The molecule has 0 radical (unpaired) electrons. The lowest BCUT2D eigenvalue weighted by Crippen LogP contribution is -2.57. The molecule has 8 nitrogen and oxygen atoms in total. The fraction of sp³-hybridized carbons (Fsp3) is 0.333. The molecule has 0 bridgehead atoms. The first-order chi connectivity index (χ1) is 11.8. The predicted octanol–water partition coefficient (Wildman–Crippen LogP) is 0.851. The molecule has 1 fully saturated rings. The number of fused-ring (bicyclic) bond motifs is 1. The number of imide groups is 1. The number of alkyl halides is 2. The van der Waals surface area contributed by atoms with E-state index in [1.54, 1.807) is 25.3 Å². The third-order valence-corrected chi connectivity index (χ3v) is 4.17. The summed E-state index contributed by atoms with van der Waals surface area (Å²) in [6.45, 7) is 0.616. The molecule has 0 aromatic carbocycles. The average molecular weight is 348 g/mol. The summed E-state index contributed by atoms with van der Waals surface area (Å²) < 4.78 is 27.8. The van der Waals surface area contributed by atoms with Gasteiger partial charge in [-0.3, -0.25) is 14.6 Å². The second kappa shape index (κ2) is 4.98. The van der Waals surface area contributed by atoms with Crippen molar-refractivity contribution >= 4 is 29.1 Å². The van der Waals surface area contributed by atoms with E-state index in [1.807, 2.05) is 0 Å². The molecule has 2 aliphatic heterocycles. The minimum absolute atomic E-state index is 0.111. The minimum atomic E-state index is -2.76. The first-order valence-electron chi connectivity index (χ1n) is 7.55. The van der Waals surface area contributed by atoms with Crippen molar-refractivity contribution in [2.45, 2.75) is 12.8 Å². The zero-order chi connectivity index (χ0) is 17.9. The number of amides is 2. The van der Waals surface area contributed by atoms with E-state index in [-0.39, 0.29) is 11.8 Å². The van der Waals surface area contributed by atoms with Crippen molar-refractivity contribution in [1.29, 1.82) is 0 Å². The van der Waals surface area contributed by atoms with Crippen LogP contribution in [-0.2, 0) is 9.59 Å². The van der Waals surface area contributed by atoms with Crippen LogP contribution in [0.15, 0.2) is 30.0 Å². The summed E-state index contributed by atoms with van der Waals surface area (Å²) in [6, 6.07) is 3.43. The van der Waals surface area contributed by atoms with Gasteiger partial charge in [0.05, 0.1) is 13.1 Å². The van der Waals surface area contributed by atoms with Crippen LogP contribution in [0.4, 0.5) is 20.5 Å². The Balaban J connectivity index is 1.75. The molecular weight excluding hydrogens is 334 g/mol. The van der Waals surface area contributed by atoms with Gasteiger partial charge < -0.3 is 4.90 Å². The van der Waals surface area contributed by atoms with Gasteiger partial charge in [-0.25, -0.2) is 13.3 Å². The third-order valence-electron chi connectivity index (χ3n) is 4.17. The first-order valence-corrected chi connectivity index (χ1v) is 7.55. The van der Waals surface area contributed by atoms with Gasteiger partial charge in [0.25, 0.3) is 17.7 Å². The van der Waals surface area contributed by atoms with E-state index in [1.165, 1.54) is 27.5 Å². The number of hydrogen-bond acceptors (Lipinski definition) is 6. The number of carbonyl (C=O) groups is 2. The molecule has 0 atom stereocenters. The van der Waals surface area contributed by atoms with Crippen LogP contribution in [0.5, 0.6) is 0 Å². The molecule has 0 N–H and O–H groups in total. The molecule has 2 aromatic heterocycles. The summed E-state index contributed by atoms with van der Waals surface area (Å²) in [4.78, 5) is 30.0. The van der Waals surface area contributed by atoms with E-state index in [2.05, 4.69) is 10.1 Å². The van der Waals surface area contributed by atoms with Gasteiger partial charge in [0.15, 0.2) is 5.82 Å². The van der Waals surface area contributed by atoms with Crippen molar-refractivity contribution in [3.05, 3.63) is 30.0 Å². The van der Waals surface area contributed by atoms with Crippen LogP contribution >= 0.6 is 0 Å². The fourth-order valence-electron chi connectivity index (χ4n) is 2.89. The Bertz CT molecular complexity index is 929. The zero-order valence-electron chi connectivity index (χ0n) is 13.5. The Labute approximate surface area is 140 Å². The second-order valence-electron chi connectivity index (χ2n) is 6.09. The van der Waals surface area contributed by atoms with Crippen LogP contribution < -0.4 is 9.91 Å². The van der Waals surface area contributed by atoms with Gasteiger partial charge >= 0.3 is 0 Å². The second-order valence-corrected chi connectivity index (χ2v) is 6.09. The summed E-state index contributed by atoms with van der Waals surface area (Å²) in [6.07, 6.45) is 2.89. The number of nitrogens with zero attached hydrogens (tertiary/aromatic N) is 6. The predicted molar refractivity (Wildman–Crippen MR) is 84.2 cm³/mol. The molecule has 0 saturated carbocycles. The highest BCUT2D eigenvalue weighted by Gasteiger charge is 2.45. The van der Waals surface area contributed by atoms with Crippen LogP contribution in [-0.4, -0.2) is 57.5 Å². The monoisotopic (exact) mass is 348 g/mol. The molecule has 2 aliphatic rings. The van der Waals surface area contributed by atoms with Gasteiger partial charge in [-0.2, -0.15) is 9.99 Å². The molecular formula is C15H14F2N6O2. The van der Waals surface area contributed by atoms with Crippen molar-refractivity contribution in [2.75, 3.05) is 30.0 Å². The van der Waals surface area contributed by atoms with Gasteiger partial charge in [0.1, 0.15) is 5.52 Å². The van der Waals surface area contributed by atoms with E-state index >= 15 is 0 Å². The van der Waals surface area contributed by atoms with E-state index in [0.29, 0.717) is 11.1 Å². The summed E-state index contributed by atoms with van der Waals surface area (Å²) >= 11 is 0. The average Bonchev–Trinajstić information content (AvgIpc) is 3.08. The Morgan fingerprint density at radius 1 is 1.28 bits per heavy atom. The van der Waals surface area contributed by atoms with Crippen molar-refractivity contribution in [2.24, 2.45) is 0 Å². The van der Waals surface area contributed by atoms with Gasteiger partial charge in [-0.1, -0.05) is 0 Å². The molecule has 4 rings (SSSR count). The van der Waals surface area contributed by atoms with Gasteiger partial charge in [-0.05, 0) is 19.1 Å². The Hall–Kier alpha value is -3.04. The topological polar surface area (TPSA) is 74.1 Å². The van der Waals surface area contributed by atoms with Crippen molar-refractivity contribution in [1.82, 2.24) is 19.6 Å². The van der Waals surface area contributed by atoms with E-state index < -0.39 is 30.8 Å². The SMILES string of the molecule is CC1=CC(=O)N(N(C)c2nc(N3CC(F)(F)C3)nn3cccc23)C1=O. The maximum absolute atomic E-state index is 13.2. The van der Waals surface area contributed by atoms with Crippen LogP contribution in [0.3, 0.4) is 0 Å². The number of anilines is 2. The summed E-state index contributed by atoms with van der Waals surface area (Å²) in [5, 5.41) is 6.49. The van der Waals surface area contributed by atoms with E-state index in [0.717, 1.165) is 5.01 Å². The molecule has 0 unspecified atom stereocenters. The molecule has 10 heteroatoms. The maximum atomic E-state index is 13.2. The Morgan fingerprint density at radius 3 is 2.60 bits per heavy atom. The number of halogens is 2. The number of hydrazine groups is 1. The molecule has 0 spiro atoms. The largest absolute Gasteiger partial charge is 0.327 e. The normalized spacial score (nSPS) is 19.4. The van der Waals surface area contributed by atoms with Crippen molar-refractivity contribution < 1.29 is 18.4 Å². The fourth-order valence-corrected chi connectivity index (χ4v) is 2.89. The van der Waals surface area contributed by atoms with Gasteiger partial charge in [-0.15, -0.1) is 5.10 Å². The molecule has 4 heterocycles. The molecule has 2 aromatic rings. The molecule has 130 valence electrons. The van der Waals surface area contributed by atoms with Crippen molar-refractivity contribution in [3.8, 4) is 0 Å². The highest BCUT2D eigenvalue weighted by Crippen LogP contribution is 2.32. The first kappa shape index (κ1) is 15.5. The highest BCUT2D eigenvalue weighted by atomic mass is 19.3. The lowest BCUT2D eigenvalue weighted by Gasteiger charge is -2.39. The smallest absolute Gasteiger partial charge is 0.282 e. The van der Waals surface area contributed by atoms with E-state index in [9.17, 15) is 18.4 Å². The van der Waals surface area contributed by atoms with Crippen molar-refractivity contribution in [3.63, 3.8) is 0 Å². The standard InChI is InChI=1S/C15H14F2N6O2/c1-9-6-11(24)23(13(9)25)20(2)12-10-4-3-5-22(10)19-14(18-12)21-7-15(16,17)8-21/h3-6H,7-8H2,1-2H3. The molecule has 25 heavy (non-hydrogen) atoms. The summed E-state index contributed by atoms with van der Waals surface area (Å²) in [5.41, 5.74) is 0.864. The molecule has 0 aliphatic carbocycles. The van der Waals surface area contributed by atoms with Gasteiger partial charge in [0.2, 0.25) is 5.95 Å². The van der Waals surface area contributed by atoms with Crippen LogP contribution in [0.2, 0.25) is 0 Å². The summed E-state index contributed by atoms with van der Waals surface area (Å²) in [7, 11) is 1.52. The quantitative estimate of drug-likeness (QED) is 0.766. The van der Waals surface area contributed by atoms with Crippen LogP contribution in [0.1, 0.15) is 6.92 Å². The number of rotatable bonds is 3. The van der Waals surface area contributed by atoms with E-state index in [4.69, 9.17) is 0 Å². The molecule has 2 amide bonds. The lowest BCUT2D eigenvalue weighted by molar-refractivity contribution is -0.137. The number of hydrogen-bond donors (Lipinski definition) is 0. The number of aromatic nitrogens is 3. The van der Waals surface area contributed by atoms with Crippen LogP contribution in [0, 0.1) is 0 Å². The van der Waals surface area contributed by atoms with Gasteiger partial charge in [0, 0.05) is 24.9 Å². The lowest BCUT2D eigenvalue weighted by atomic mass is 10.2. The minimum Gasteiger partial charge on any atom is -0.327 e. The summed E-state index contributed by atoms with van der Waals surface area (Å²) in [5.74, 6) is -3.31. The maximum Gasteiger partial charge on any atom is 0.282 e. The Morgan fingerprint density at radius 2 is 2.00 bits per heavy atom. The highest BCUT2D eigenvalue weighted by molar-refractivity contribution is 6.16. The third kappa shape index (κ3) is 2.32. The Kier molecular flexibility index (Phi) is 3.08. The number of carbonyl (C=O) groups excluding carboxylic acids is 2. The zero-order valence-corrected chi connectivity index (χ0v) is 13.5.